The van der Waals surface area contributed by atoms with Gasteiger partial charge in [0.15, 0.2) is 0 Å². The molecule has 1 amide bonds. The molecular weight excluding hydrogens is 410 g/mol. The van der Waals surface area contributed by atoms with Gasteiger partial charge in [0.1, 0.15) is 5.52 Å². The second-order valence-electron chi connectivity index (χ2n) is 8.31. The molecule has 1 N–H and O–H groups in total. The number of hydrogen-bond acceptors (Lipinski definition) is 2. The smallest absolute Gasteiger partial charge is 0.275 e. The summed E-state index contributed by atoms with van der Waals surface area (Å²) in [6.45, 7) is 0. The van der Waals surface area contributed by atoms with Gasteiger partial charge in [0.05, 0.1) is 5.56 Å². The van der Waals surface area contributed by atoms with Gasteiger partial charge in [-0.15, -0.1) is 0 Å². The number of halogens is 1. The lowest BCUT2D eigenvalue weighted by atomic mass is 9.95. The minimum atomic E-state index is -0.242. The third-order valence-corrected chi connectivity index (χ3v) is 6.61. The normalized spacial score (nSPS) is 14.9. The van der Waals surface area contributed by atoms with E-state index in [2.05, 4.69) is 5.32 Å². The van der Waals surface area contributed by atoms with Gasteiger partial charge in [-0.2, -0.15) is 0 Å². The fourth-order valence-corrected chi connectivity index (χ4v) is 5.06. The van der Waals surface area contributed by atoms with Crippen molar-refractivity contribution < 1.29 is 4.79 Å². The van der Waals surface area contributed by atoms with Crippen molar-refractivity contribution >= 4 is 45.0 Å². The predicted molar refractivity (Wildman–Crippen MR) is 126 cm³/mol. The van der Waals surface area contributed by atoms with Crippen LogP contribution in [-0.4, -0.2) is 15.0 Å². The van der Waals surface area contributed by atoms with Gasteiger partial charge in [0.2, 0.25) is 0 Å². The van der Waals surface area contributed by atoms with Crippen molar-refractivity contribution in [2.75, 3.05) is 5.32 Å². The van der Waals surface area contributed by atoms with Crippen LogP contribution in [0.4, 0.5) is 5.69 Å². The van der Waals surface area contributed by atoms with Crippen molar-refractivity contribution in [1.82, 2.24) is 9.13 Å². The molecule has 1 aliphatic rings. The third-order valence-electron chi connectivity index (χ3n) is 6.38. The summed E-state index contributed by atoms with van der Waals surface area (Å²) in [5.41, 5.74) is 2.62. The van der Waals surface area contributed by atoms with Gasteiger partial charge in [-0.25, -0.2) is 0 Å². The molecule has 0 spiro atoms. The number of benzene rings is 2. The summed E-state index contributed by atoms with van der Waals surface area (Å²) in [5.74, 6) is -0.242. The number of anilines is 1. The van der Waals surface area contributed by atoms with E-state index in [-0.39, 0.29) is 17.5 Å². The molecule has 1 fully saturated rings. The molecule has 0 aliphatic heterocycles. The van der Waals surface area contributed by atoms with Crippen LogP contribution in [0.5, 0.6) is 0 Å². The Hall–Kier alpha value is -3.05. The molecule has 1 aliphatic carbocycles. The fraction of sp³-hybridized carbons (Fsp3) is 0.280. The minimum absolute atomic E-state index is 0.0279. The Morgan fingerprint density at radius 2 is 1.84 bits per heavy atom. The zero-order chi connectivity index (χ0) is 21.5. The number of carbonyl (C=O) groups is 1. The van der Waals surface area contributed by atoms with Crippen molar-refractivity contribution in [2.24, 2.45) is 7.05 Å². The number of para-hydroxylation sites is 1. The summed E-state index contributed by atoms with van der Waals surface area (Å²) in [7, 11) is 1.90. The van der Waals surface area contributed by atoms with Gasteiger partial charge in [-0.1, -0.05) is 55.1 Å². The van der Waals surface area contributed by atoms with E-state index in [4.69, 9.17) is 11.6 Å². The average Bonchev–Trinajstić information content (AvgIpc) is 3.08. The first-order valence-electron chi connectivity index (χ1n) is 10.7. The maximum atomic E-state index is 13.6. The quantitative estimate of drug-likeness (QED) is 0.437. The summed E-state index contributed by atoms with van der Waals surface area (Å²) < 4.78 is 3.72. The van der Waals surface area contributed by atoms with Crippen molar-refractivity contribution in [3.63, 3.8) is 0 Å². The number of carbonyl (C=O) groups excluding carboxylic acids is 1. The Bertz CT molecular complexity index is 1360. The Morgan fingerprint density at radius 1 is 1.06 bits per heavy atom. The summed E-state index contributed by atoms with van der Waals surface area (Å²) in [4.78, 5) is 27.0. The zero-order valence-electron chi connectivity index (χ0n) is 17.4. The number of nitrogens with one attached hydrogen (secondary N) is 1. The first kappa shape index (κ1) is 19.9. The highest BCUT2D eigenvalue weighted by Gasteiger charge is 2.25. The van der Waals surface area contributed by atoms with Crippen molar-refractivity contribution in [2.45, 2.75) is 38.1 Å². The molecule has 2 aromatic carbocycles. The second-order valence-corrected chi connectivity index (χ2v) is 8.75. The van der Waals surface area contributed by atoms with E-state index >= 15 is 0 Å². The van der Waals surface area contributed by atoms with E-state index in [0.29, 0.717) is 27.2 Å². The van der Waals surface area contributed by atoms with Crippen LogP contribution in [0.15, 0.2) is 59.5 Å². The van der Waals surface area contributed by atoms with Gasteiger partial charge >= 0.3 is 0 Å². The Morgan fingerprint density at radius 3 is 2.61 bits per heavy atom. The van der Waals surface area contributed by atoms with Crippen molar-refractivity contribution in [1.29, 1.82) is 0 Å². The molecule has 0 saturated heterocycles. The van der Waals surface area contributed by atoms with Gasteiger partial charge in [-0.05, 0) is 37.1 Å². The Labute approximate surface area is 185 Å². The summed E-state index contributed by atoms with van der Waals surface area (Å²) >= 11 is 6.10. The third kappa shape index (κ3) is 3.43. The molecule has 2 heterocycles. The van der Waals surface area contributed by atoms with Crippen LogP contribution in [0.1, 0.15) is 48.5 Å². The molecule has 158 valence electrons. The van der Waals surface area contributed by atoms with E-state index in [1.807, 2.05) is 35.9 Å². The van der Waals surface area contributed by atoms with Crippen LogP contribution in [0, 0.1) is 0 Å². The van der Waals surface area contributed by atoms with Gasteiger partial charge in [-0.3, -0.25) is 9.59 Å². The standard InChI is InChI=1S/C25H24ClN3O2/c1-28-21-13-6-5-12-19(21)22-20(24(30)27-17-9-7-8-16(26)14-17)15-29(25(31)23(22)28)18-10-3-2-4-11-18/h5-9,12-15,18H,2-4,10-11H2,1H3,(H,27,30). The maximum absolute atomic E-state index is 13.6. The average molecular weight is 434 g/mol. The highest BCUT2D eigenvalue weighted by Crippen LogP contribution is 2.32. The molecular formula is C25H24ClN3O2. The van der Waals surface area contributed by atoms with Gasteiger partial charge < -0.3 is 14.5 Å². The second kappa shape index (κ2) is 7.89. The number of amides is 1. The van der Waals surface area contributed by atoms with Crippen LogP contribution in [0.25, 0.3) is 21.8 Å². The van der Waals surface area contributed by atoms with E-state index in [1.165, 1.54) is 6.42 Å². The fourth-order valence-electron chi connectivity index (χ4n) is 4.87. The summed E-state index contributed by atoms with van der Waals surface area (Å²) in [5, 5.41) is 5.13. The van der Waals surface area contributed by atoms with Crippen LogP contribution in [-0.2, 0) is 7.05 Å². The van der Waals surface area contributed by atoms with E-state index in [1.54, 1.807) is 35.0 Å². The molecule has 31 heavy (non-hydrogen) atoms. The first-order chi connectivity index (χ1) is 15.0. The lowest BCUT2D eigenvalue weighted by Crippen LogP contribution is -2.29. The maximum Gasteiger partial charge on any atom is 0.275 e. The van der Waals surface area contributed by atoms with Gasteiger partial charge in [0.25, 0.3) is 11.5 Å². The molecule has 1 saturated carbocycles. The SMILES string of the molecule is Cn1c2ccccc2c2c(C(=O)Nc3cccc(Cl)c3)cn(C3CCCCC3)c(=O)c21. The van der Waals surface area contributed by atoms with Crippen LogP contribution >= 0.6 is 11.6 Å². The van der Waals surface area contributed by atoms with Crippen molar-refractivity contribution in [3.05, 3.63) is 75.7 Å². The molecule has 5 rings (SSSR count). The monoisotopic (exact) mass is 433 g/mol. The highest BCUT2D eigenvalue weighted by molar-refractivity contribution is 6.31. The molecule has 2 aromatic heterocycles. The van der Waals surface area contributed by atoms with E-state index < -0.39 is 0 Å². The van der Waals surface area contributed by atoms with Crippen LogP contribution in [0.3, 0.4) is 0 Å². The number of hydrogen-bond donors (Lipinski definition) is 1. The van der Waals surface area contributed by atoms with Crippen molar-refractivity contribution in [3.8, 4) is 0 Å². The molecule has 5 nitrogen and oxygen atoms in total. The lowest BCUT2D eigenvalue weighted by molar-refractivity contribution is 0.102. The number of pyridine rings is 1. The number of aryl methyl sites for hydroxylation is 1. The van der Waals surface area contributed by atoms with E-state index in [9.17, 15) is 9.59 Å². The number of rotatable bonds is 3. The summed E-state index contributed by atoms with van der Waals surface area (Å²) in [6, 6.07) is 15.1. The Kier molecular flexibility index (Phi) is 5.06. The van der Waals surface area contributed by atoms with E-state index in [0.717, 1.165) is 36.6 Å². The number of nitrogens with zero attached hydrogens (tertiary/aromatic N) is 2. The topological polar surface area (TPSA) is 56.0 Å². The molecule has 0 bridgehead atoms. The first-order valence-corrected chi connectivity index (χ1v) is 11.1. The largest absolute Gasteiger partial charge is 0.339 e. The van der Waals surface area contributed by atoms with Crippen LogP contribution in [0.2, 0.25) is 5.02 Å². The minimum Gasteiger partial charge on any atom is -0.339 e. The summed E-state index contributed by atoms with van der Waals surface area (Å²) in [6.07, 6.45) is 7.11. The highest BCUT2D eigenvalue weighted by atomic mass is 35.5. The Balaban J connectivity index is 1.75. The molecule has 0 unspecified atom stereocenters. The molecule has 0 radical (unpaired) electrons. The van der Waals surface area contributed by atoms with Gasteiger partial charge in [0, 0.05) is 46.3 Å². The predicted octanol–water partition coefficient (Wildman–Crippen LogP) is 5.90. The number of fused-ring (bicyclic) bond motifs is 3. The molecule has 4 aromatic rings. The lowest BCUT2D eigenvalue weighted by Gasteiger charge is -2.25. The number of aromatic nitrogens is 2. The molecule has 6 heteroatoms. The van der Waals surface area contributed by atoms with Crippen LogP contribution < -0.4 is 10.9 Å². The zero-order valence-corrected chi connectivity index (χ0v) is 18.2. The molecule has 0 atom stereocenters.